The van der Waals surface area contributed by atoms with Gasteiger partial charge in [-0.3, -0.25) is 4.90 Å². The molecule has 206 valence electrons. The Balaban J connectivity index is 0.000000436. The molecule has 0 radical (unpaired) electrons. The van der Waals surface area contributed by atoms with Gasteiger partial charge in [0.05, 0.1) is 0 Å². The Labute approximate surface area is 225 Å². The molecule has 0 saturated heterocycles. The zero-order valence-corrected chi connectivity index (χ0v) is 24.2. The Kier molecular flexibility index (Phi) is 8.84. The molecular weight excluding hydrogens is 530 g/mol. The van der Waals surface area contributed by atoms with E-state index in [4.69, 9.17) is 13.0 Å². The van der Waals surface area contributed by atoms with Crippen LogP contribution in [0.2, 0.25) is 0 Å². The molecule has 0 fully saturated rings. The average molecular weight is 566 g/mol. The smallest absolute Gasteiger partial charge is 0.485 e. The molecule has 0 aromatic heterocycles. The number of halogens is 3. The minimum Gasteiger partial charge on any atom is -0.741 e. The van der Waals surface area contributed by atoms with Gasteiger partial charge < -0.3 is 4.55 Å². The molecule has 0 unspecified atom stereocenters. The van der Waals surface area contributed by atoms with Crippen molar-refractivity contribution >= 4 is 33.3 Å². The van der Waals surface area contributed by atoms with Crippen LogP contribution in [0.25, 0.3) is 0 Å². The predicted molar refractivity (Wildman–Crippen MR) is 150 cm³/mol. The molecule has 1 heterocycles. The molecule has 38 heavy (non-hydrogen) atoms. The first kappa shape index (κ1) is 30.3. The van der Waals surface area contributed by atoms with Gasteiger partial charge in [0, 0.05) is 23.1 Å². The third-order valence-corrected chi connectivity index (χ3v) is 12.7. The second-order valence-electron chi connectivity index (χ2n) is 10.5. The molecule has 3 aromatic carbocycles. The highest BCUT2D eigenvalue weighted by Crippen LogP contribution is 2.70. The van der Waals surface area contributed by atoms with E-state index in [0.717, 1.165) is 0 Å². The lowest BCUT2D eigenvalue weighted by atomic mass is 9.83. The summed E-state index contributed by atoms with van der Waals surface area (Å²) in [7, 11) is -8.00. The van der Waals surface area contributed by atoms with E-state index in [2.05, 4.69) is 131 Å². The highest BCUT2D eigenvalue weighted by molar-refractivity contribution is 7.96. The van der Waals surface area contributed by atoms with Crippen LogP contribution in [0.1, 0.15) is 47.1 Å². The number of hydrogen-bond acceptors (Lipinski definition) is 4. The lowest BCUT2D eigenvalue weighted by Crippen LogP contribution is -2.55. The Hall–Kier alpha value is -2.25. The van der Waals surface area contributed by atoms with Crippen molar-refractivity contribution in [1.82, 2.24) is 4.90 Å². The van der Waals surface area contributed by atoms with Crippen molar-refractivity contribution in [2.24, 2.45) is 0 Å². The maximum absolute atomic E-state index is 10.7. The maximum atomic E-state index is 10.7. The summed E-state index contributed by atoms with van der Waals surface area (Å²) in [6, 6.07) is 32.9. The Morgan fingerprint density at radius 3 is 1.53 bits per heavy atom. The van der Waals surface area contributed by atoms with Gasteiger partial charge in [-0.1, -0.05) is 68.4 Å². The maximum Gasteiger partial charge on any atom is 0.485 e. The van der Waals surface area contributed by atoms with E-state index >= 15 is 0 Å². The average Bonchev–Trinajstić information content (AvgIpc) is 3.04. The number of nitrogens with zero attached hydrogens (tertiary/aromatic N) is 1. The SMILES string of the molecule is CC(C)N(C(C)C)[C@@H]1C(C)(C)c2ccccc2[P+]1(c1ccccc1)c1ccccc1.O=S(=O)([O-])C(F)(F)F. The van der Waals surface area contributed by atoms with Crippen molar-refractivity contribution in [2.75, 3.05) is 0 Å². The van der Waals surface area contributed by atoms with Crippen molar-refractivity contribution in [2.45, 2.75) is 70.3 Å². The van der Waals surface area contributed by atoms with Gasteiger partial charge in [-0.2, -0.15) is 13.2 Å². The van der Waals surface area contributed by atoms with Crippen LogP contribution in [0, 0.1) is 0 Å². The summed E-state index contributed by atoms with van der Waals surface area (Å²) in [5.74, 6) is 0.409. The van der Waals surface area contributed by atoms with Gasteiger partial charge in [-0.15, -0.1) is 0 Å². The van der Waals surface area contributed by atoms with Crippen LogP contribution in [0.15, 0.2) is 84.9 Å². The van der Waals surface area contributed by atoms with Crippen LogP contribution >= 0.6 is 7.26 Å². The van der Waals surface area contributed by atoms with Gasteiger partial charge in [-0.25, -0.2) is 8.42 Å². The number of benzene rings is 3. The van der Waals surface area contributed by atoms with E-state index in [1.165, 1.54) is 16.2 Å². The molecule has 0 bridgehead atoms. The van der Waals surface area contributed by atoms with Crippen LogP contribution < -0.4 is 15.9 Å². The number of alkyl halides is 3. The largest absolute Gasteiger partial charge is 0.741 e. The number of rotatable bonds is 5. The fourth-order valence-corrected chi connectivity index (χ4v) is 11.9. The van der Waals surface area contributed by atoms with Crippen molar-refractivity contribution in [1.29, 1.82) is 0 Å². The van der Waals surface area contributed by atoms with Crippen LogP contribution in [0.4, 0.5) is 13.2 Å². The van der Waals surface area contributed by atoms with E-state index in [1.807, 2.05) is 0 Å². The fourth-order valence-electron chi connectivity index (χ4n) is 5.85. The minimum absolute atomic E-state index is 0.0462. The molecule has 3 aromatic rings. The Bertz CT molecular complexity index is 1280. The highest BCUT2D eigenvalue weighted by atomic mass is 32.2. The van der Waals surface area contributed by atoms with Gasteiger partial charge in [0.1, 0.15) is 29.0 Å². The molecule has 0 saturated carbocycles. The lowest BCUT2D eigenvalue weighted by molar-refractivity contribution is -0.0517. The molecule has 9 heteroatoms. The van der Waals surface area contributed by atoms with Crippen molar-refractivity contribution < 1.29 is 26.1 Å². The van der Waals surface area contributed by atoms with E-state index in [-0.39, 0.29) is 5.41 Å². The van der Waals surface area contributed by atoms with Crippen molar-refractivity contribution in [3.05, 3.63) is 90.5 Å². The molecule has 1 atom stereocenters. The fraction of sp³-hybridized carbons (Fsp3) is 0.379. The van der Waals surface area contributed by atoms with Crippen LogP contribution in [0.5, 0.6) is 0 Å². The third-order valence-electron chi connectivity index (χ3n) is 7.08. The zero-order valence-electron chi connectivity index (χ0n) is 22.5. The minimum atomic E-state index is -6.09. The Morgan fingerprint density at radius 2 is 1.16 bits per heavy atom. The molecule has 0 aliphatic carbocycles. The number of fused-ring (bicyclic) bond motifs is 1. The van der Waals surface area contributed by atoms with Crippen LogP contribution in [0.3, 0.4) is 0 Å². The molecule has 1 aliphatic rings. The highest BCUT2D eigenvalue weighted by Gasteiger charge is 2.67. The second kappa shape index (κ2) is 11.1. The van der Waals surface area contributed by atoms with E-state index in [0.29, 0.717) is 17.9 Å². The summed E-state index contributed by atoms with van der Waals surface area (Å²) in [6.45, 7) is 14.4. The molecule has 1 aliphatic heterocycles. The van der Waals surface area contributed by atoms with E-state index < -0.39 is 22.9 Å². The molecule has 4 nitrogen and oxygen atoms in total. The standard InChI is InChI=1S/C28H35NP.CHF3O3S/c1-21(2)29(22(3)4)27-28(5,6)25-19-13-14-20-26(25)30(27,23-15-9-7-10-16-23)24-17-11-8-12-18-24;2-1(3,4)8(5,6)7/h7-22,27H,1-6H3;(H,5,6,7)/q+1;/p-1/t27-;/m0./s1. The van der Waals surface area contributed by atoms with Gasteiger partial charge in [0.2, 0.25) is 0 Å². The first-order valence-corrected chi connectivity index (χ1v) is 15.7. The van der Waals surface area contributed by atoms with Gasteiger partial charge in [0.25, 0.3) is 0 Å². The topological polar surface area (TPSA) is 60.4 Å². The molecular formula is C29H35F3NO3PS. The van der Waals surface area contributed by atoms with Gasteiger partial charge in [-0.05, 0) is 58.0 Å². The lowest BCUT2D eigenvalue weighted by Gasteiger charge is -2.45. The van der Waals surface area contributed by atoms with Crippen LogP contribution in [-0.2, 0) is 15.5 Å². The molecule has 0 N–H and O–H groups in total. The van der Waals surface area contributed by atoms with Gasteiger partial charge in [0.15, 0.2) is 10.1 Å². The van der Waals surface area contributed by atoms with Crippen molar-refractivity contribution in [3.63, 3.8) is 0 Å². The second-order valence-corrected chi connectivity index (χ2v) is 15.4. The van der Waals surface area contributed by atoms with Gasteiger partial charge >= 0.3 is 5.51 Å². The van der Waals surface area contributed by atoms with Crippen LogP contribution in [-0.4, -0.2) is 41.2 Å². The van der Waals surface area contributed by atoms with Crippen molar-refractivity contribution in [3.8, 4) is 0 Å². The van der Waals surface area contributed by atoms with E-state index in [9.17, 15) is 13.2 Å². The molecule has 0 spiro atoms. The number of hydrogen-bond donors (Lipinski definition) is 0. The monoisotopic (exact) mass is 565 g/mol. The van der Waals surface area contributed by atoms with E-state index in [1.54, 1.807) is 5.30 Å². The first-order valence-electron chi connectivity index (χ1n) is 12.5. The third kappa shape index (κ3) is 5.42. The summed E-state index contributed by atoms with van der Waals surface area (Å²) in [5.41, 5.74) is -4.08. The zero-order chi connectivity index (χ0) is 28.5. The summed E-state index contributed by atoms with van der Waals surface area (Å²) >= 11 is 0. The predicted octanol–water partition coefficient (Wildman–Crippen LogP) is 5.77. The Morgan fingerprint density at radius 1 is 0.789 bits per heavy atom. The summed E-state index contributed by atoms with van der Waals surface area (Å²) in [6.07, 6.45) is 0. The quantitative estimate of drug-likeness (QED) is 0.224. The molecule has 0 amide bonds. The summed E-state index contributed by atoms with van der Waals surface area (Å²) in [5, 5.41) is 4.54. The summed E-state index contributed by atoms with van der Waals surface area (Å²) < 4.78 is 58.9. The molecule has 4 rings (SSSR count). The summed E-state index contributed by atoms with van der Waals surface area (Å²) in [4.78, 5) is 2.80. The first-order chi connectivity index (χ1) is 17.6. The normalized spacial score (nSPS) is 18.3.